The van der Waals surface area contributed by atoms with E-state index in [2.05, 4.69) is 15.3 Å². The molecular weight excluding hydrogens is 475 g/mol. The third-order valence-electron chi connectivity index (χ3n) is 5.87. The molecule has 1 aliphatic heterocycles. The first-order valence-electron chi connectivity index (χ1n) is 11.0. The highest BCUT2D eigenvalue weighted by atomic mass is 35.5. The second-order valence-electron chi connectivity index (χ2n) is 8.26. The van der Waals surface area contributed by atoms with Gasteiger partial charge in [-0.3, -0.25) is 4.79 Å². The van der Waals surface area contributed by atoms with Crippen LogP contribution in [0.3, 0.4) is 0 Å². The van der Waals surface area contributed by atoms with E-state index in [1.807, 2.05) is 29.2 Å². The molecule has 176 valence electrons. The van der Waals surface area contributed by atoms with Crippen LogP contribution in [0.25, 0.3) is 11.1 Å². The number of aromatic nitrogens is 2. The predicted molar refractivity (Wildman–Crippen MR) is 132 cm³/mol. The fourth-order valence-electron chi connectivity index (χ4n) is 4.09. The Morgan fingerprint density at radius 3 is 2.56 bits per heavy atom. The highest BCUT2D eigenvalue weighted by Gasteiger charge is 2.30. The van der Waals surface area contributed by atoms with Gasteiger partial charge in [-0.05, 0) is 48.2 Å². The van der Waals surface area contributed by atoms with Crippen molar-refractivity contribution < 1.29 is 14.7 Å². The summed E-state index contributed by atoms with van der Waals surface area (Å²) in [4.78, 5) is 35.3. The Hall–Kier alpha value is -3.16. The predicted octanol–water partition coefficient (Wildman–Crippen LogP) is 4.48. The van der Waals surface area contributed by atoms with Crippen LogP contribution in [0.2, 0.25) is 10.0 Å². The maximum absolute atomic E-state index is 12.9. The molecule has 0 saturated carbocycles. The second-order valence-corrected chi connectivity index (χ2v) is 9.10. The Kier molecular flexibility index (Phi) is 7.65. The lowest BCUT2D eigenvalue weighted by atomic mass is 9.96. The summed E-state index contributed by atoms with van der Waals surface area (Å²) in [6, 6.07) is 13.4. The molecule has 4 rings (SSSR count). The van der Waals surface area contributed by atoms with Gasteiger partial charge < -0.3 is 15.3 Å². The molecule has 1 aromatic heterocycles. The Bertz CT molecular complexity index is 1160. The number of nitrogens with one attached hydrogen (secondary N) is 1. The van der Waals surface area contributed by atoms with Crippen molar-refractivity contribution in [2.45, 2.75) is 25.3 Å². The van der Waals surface area contributed by atoms with Gasteiger partial charge in [0.2, 0.25) is 11.9 Å². The van der Waals surface area contributed by atoms with Gasteiger partial charge in [-0.15, -0.1) is 0 Å². The van der Waals surface area contributed by atoms with E-state index >= 15 is 0 Å². The molecule has 1 fully saturated rings. The number of rotatable bonds is 7. The molecule has 9 heteroatoms. The molecular formula is C25H24Cl2N4O3. The number of nitrogens with zero attached hydrogens (tertiary/aromatic N) is 3. The van der Waals surface area contributed by atoms with E-state index in [9.17, 15) is 14.7 Å². The monoisotopic (exact) mass is 498 g/mol. The lowest BCUT2D eigenvalue weighted by Gasteiger charge is -2.32. The van der Waals surface area contributed by atoms with Gasteiger partial charge in [0.25, 0.3) is 0 Å². The average molecular weight is 499 g/mol. The van der Waals surface area contributed by atoms with Crippen molar-refractivity contribution in [3.05, 3.63) is 76.5 Å². The van der Waals surface area contributed by atoms with Gasteiger partial charge in [-0.25, -0.2) is 14.8 Å². The normalized spacial score (nSPS) is 16.6. The summed E-state index contributed by atoms with van der Waals surface area (Å²) in [5.74, 6) is -1.09. The molecule has 1 saturated heterocycles. The number of carboxylic acids is 1. The molecule has 34 heavy (non-hydrogen) atoms. The van der Waals surface area contributed by atoms with Crippen molar-refractivity contribution in [1.29, 1.82) is 0 Å². The van der Waals surface area contributed by atoms with Crippen molar-refractivity contribution in [1.82, 2.24) is 15.3 Å². The van der Waals surface area contributed by atoms with Crippen molar-refractivity contribution in [3.63, 3.8) is 0 Å². The van der Waals surface area contributed by atoms with Crippen LogP contribution >= 0.6 is 23.2 Å². The van der Waals surface area contributed by atoms with Gasteiger partial charge >= 0.3 is 5.97 Å². The quantitative estimate of drug-likeness (QED) is 0.498. The largest absolute Gasteiger partial charge is 0.480 e. The van der Waals surface area contributed by atoms with E-state index < -0.39 is 12.0 Å². The zero-order valence-corrected chi connectivity index (χ0v) is 19.8. The summed E-state index contributed by atoms with van der Waals surface area (Å²) in [5, 5.41) is 13.6. The number of anilines is 1. The number of aliphatic carboxylic acids is 1. The molecule has 2 heterocycles. The molecule has 1 aliphatic rings. The van der Waals surface area contributed by atoms with Crippen molar-refractivity contribution in [3.8, 4) is 11.1 Å². The number of hydrogen-bond acceptors (Lipinski definition) is 5. The summed E-state index contributed by atoms with van der Waals surface area (Å²) < 4.78 is 0. The molecule has 7 nitrogen and oxygen atoms in total. The molecule has 1 amide bonds. The van der Waals surface area contributed by atoms with Gasteiger partial charge in [0, 0.05) is 47.5 Å². The molecule has 2 unspecified atom stereocenters. The van der Waals surface area contributed by atoms with E-state index in [0.29, 0.717) is 29.0 Å². The summed E-state index contributed by atoms with van der Waals surface area (Å²) in [6.07, 6.45) is 5.00. The number of piperidine rings is 1. The maximum Gasteiger partial charge on any atom is 0.326 e. The van der Waals surface area contributed by atoms with E-state index in [-0.39, 0.29) is 18.2 Å². The van der Waals surface area contributed by atoms with E-state index in [1.165, 1.54) is 0 Å². The molecule has 0 radical (unpaired) electrons. The fraction of sp³-hybridized carbons (Fsp3) is 0.280. The number of benzene rings is 2. The number of hydrogen-bond donors (Lipinski definition) is 2. The van der Waals surface area contributed by atoms with Crippen LogP contribution in [0.15, 0.2) is 60.9 Å². The Balaban J connectivity index is 1.41. The Morgan fingerprint density at radius 1 is 1.12 bits per heavy atom. The molecule has 2 aromatic carbocycles. The van der Waals surface area contributed by atoms with Gasteiger partial charge in [0.1, 0.15) is 6.04 Å². The lowest BCUT2D eigenvalue weighted by Crippen LogP contribution is -2.49. The molecule has 3 aromatic rings. The summed E-state index contributed by atoms with van der Waals surface area (Å²) in [6.45, 7) is 1.22. The number of halogens is 2. The zero-order chi connectivity index (χ0) is 24.1. The highest BCUT2D eigenvalue weighted by molar-refractivity contribution is 6.35. The fourth-order valence-corrected chi connectivity index (χ4v) is 4.49. The number of amides is 1. The minimum Gasteiger partial charge on any atom is -0.480 e. The first-order chi connectivity index (χ1) is 16.4. The molecule has 2 N–H and O–H groups in total. The molecule has 0 spiro atoms. The molecule has 0 aliphatic carbocycles. The highest BCUT2D eigenvalue weighted by Crippen LogP contribution is 2.30. The minimum atomic E-state index is -1.07. The van der Waals surface area contributed by atoms with Crippen molar-refractivity contribution in [2.75, 3.05) is 18.0 Å². The van der Waals surface area contributed by atoms with Crippen LogP contribution in [0.1, 0.15) is 18.4 Å². The van der Waals surface area contributed by atoms with Gasteiger partial charge in [0.15, 0.2) is 0 Å². The standard InChI is InChI=1S/C25H24Cl2N4O3/c26-19-8-9-21(27)20(14-19)17-6-4-16(5-7-17)13-22(24(33)34)30-23(32)18-3-1-12-31(15-18)25-28-10-2-11-29-25/h2,4-11,14,18,22H,1,3,12-13,15H2,(H,30,32)(H,33,34). The molecule has 2 atom stereocenters. The second kappa shape index (κ2) is 10.8. The van der Waals surface area contributed by atoms with E-state index in [4.69, 9.17) is 23.2 Å². The zero-order valence-electron chi connectivity index (χ0n) is 18.3. The summed E-state index contributed by atoms with van der Waals surface area (Å²) >= 11 is 12.4. The van der Waals surface area contributed by atoms with E-state index in [0.717, 1.165) is 29.7 Å². The van der Waals surface area contributed by atoms with Crippen LogP contribution in [-0.4, -0.2) is 46.1 Å². The average Bonchev–Trinajstić information content (AvgIpc) is 2.86. The summed E-state index contributed by atoms with van der Waals surface area (Å²) in [5.41, 5.74) is 2.46. The Labute approximate surface area is 207 Å². The smallest absolute Gasteiger partial charge is 0.326 e. The van der Waals surface area contributed by atoms with Crippen molar-refractivity contribution in [2.24, 2.45) is 5.92 Å². The van der Waals surface area contributed by atoms with Crippen LogP contribution < -0.4 is 10.2 Å². The number of carbonyl (C=O) groups is 2. The third-order valence-corrected chi connectivity index (χ3v) is 6.44. The Morgan fingerprint density at radius 2 is 1.85 bits per heavy atom. The summed E-state index contributed by atoms with van der Waals surface area (Å²) in [7, 11) is 0. The van der Waals surface area contributed by atoms with Gasteiger partial charge in [-0.2, -0.15) is 0 Å². The van der Waals surface area contributed by atoms with Crippen LogP contribution in [-0.2, 0) is 16.0 Å². The third kappa shape index (κ3) is 5.85. The molecule has 0 bridgehead atoms. The maximum atomic E-state index is 12.9. The lowest BCUT2D eigenvalue weighted by molar-refractivity contribution is -0.142. The van der Waals surface area contributed by atoms with Crippen LogP contribution in [0, 0.1) is 5.92 Å². The van der Waals surface area contributed by atoms with Crippen LogP contribution in [0.5, 0.6) is 0 Å². The SMILES string of the molecule is O=C(NC(Cc1ccc(-c2cc(Cl)ccc2Cl)cc1)C(=O)O)C1CCCN(c2ncccn2)C1. The number of carboxylic acid groups (broad SMARTS) is 1. The first-order valence-corrected chi connectivity index (χ1v) is 11.8. The van der Waals surface area contributed by atoms with Crippen LogP contribution in [0.4, 0.5) is 5.95 Å². The van der Waals surface area contributed by atoms with E-state index in [1.54, 1.807) is 36.7 Å². The number of carbonyl (C=O) groups excluding carboxylic acids is 1. The topological polar surface area (TPSA) is 95.4 Å². The van der Waals surface area contributed by atoms with Gasteiger partial charge in [0.05, 0.1) is 5.92 Å². The van der Waals surface area contributed by atoms with Gasteiger partial charge in [-0.1, -0.05) is 47.5 Å². The minimum absolute atomic E-state index is 0.170. The van der Waals surface area contributed by atoms with Crippen molar-refractivity contribution >= 4 is 41.0 Å². The first kappa shape index (κ1) is 24.0.